The number of nitrogens with two attached hydrogens (primary N) is 1. The van der Waals surface area contributed by atoms with Crippen LogP contribution in [0.25, 0.3) is 0 Å². The molecule has 1 aliphatic carbocycles. The van der Waals surface area contributed by atoms with E-state index >= 15 is 0 Å². The van der Waals surface area contributed by atoms with Gasteiger partial charge in [-0.05, 0) is 41.6 Å². The first-order valence-corrected chi connectivity index (χ1v) is 8.07. The van der Waals surface area contributed by atoms with Crippen LogP contribution in [0.15, 0.2) is 15.5 Å². The molecule has 112 valence electrons. The molecule has 20 heavy (non-hydrogen) atoms. The normalized spacial score (nSPS) is 26.5. The molecule has 0 radical (unpaired) electrons. The van der Waals surface area contributed by atoms with E-state index < -0.39 is 0 Å². The first-order valence-electron chi connectivity index (χ1n) is 7.28. The van der Waals surface area contributed by atoms with Crippen LogP contribution in [-0.4, -0.2) is 21.9 Å². The van der Waals surface area contributed by atoms with Crippen LogP contribution in [0.1, 0.15) is 39.5 Å². The summed E-state index contributed by atoms with van der Waals surface area (Å²) < 4.78 is 1.98. The van der Waals surface area contributed by atoms with Gasteiger partial charge < -0.3 is 11.1 Å². The molecule has 0 aromatic carbocycles. The minimum Gasteiger partial charge on any atom is -0.376 e. The highest BCUT2D eigenvalue weighted by atomic mass is 79.9. The lowest BCUT2D eigenvalue weighted by Crippen LogP contribution is -2.52. The molecule has 0 amide bonds. The minimum absolute atomic E-state index is 0.104. The molecule has 0 saturated heterocycles. The molecule has 3 N–H and O–H groups in total. The third kappa shape index (κ3) is 2.76. The molecule has 1 aromatic heterocycles. The highest BCUT2D eigenvalue weighted by molar-refractivity contribution is 9.10. The Hall–Kier alpha value is -0.880. The van der Waals surface area contributed by atoms with Crippen molar-refractivity contribution in [2.24, 2.45) is 11.7 Å². The number of nitrogens with one attached hydrogen (secondary N) is 1. The minimum atomic E-state index is -0.132. The van der Waals surface area contributed by atoms with Gasteiger partial charge in [-0.3, -0.25) is 4.79 Å². The molecule has 2 atom stereocenters. The fourth-order valence-electron chi connectivity index (χ4n) is 3.00. The van der Waals surface area contributed by atoms with Crippen LogP contribution in [0, 0.1) is 5.92 Å². The van der Waals surface area contributed by atoms with Crippen LogP contribution in [0.3, 0.4) is 0 Å². The summed E-state index contributed by atoms with van der Waals surface area (Å²) in [6, 6.07) is 0. The van der Waals surface area contributed by atoms with Crippen LogP contribution < -0.4 is 16.6 Å². The van der Waals surface area contributed by atoms with Crippen LogP contribution in [0.5, 0.6) is 0 Å². The van der Waals surface area contributed by atoms with Crippen molar-refractivity contribution in [3.05, 3.63) is 21.0 Å². The Balaban J connectivity index is 2.33. The molecule has 1 saturated carbocycles. The molecule has 0 bridgehead atoms. The fourth-order valence-corrected chi connectivity index (χ4v) is 3.41. The second kappa shape index (κ2) is 6.26. The van der Waals surface area contributed by atoms with E-state index in [1.807, 2.05) is 6.92 Å². The Kier molecular flexibility index (Phi) is 4.86. The Morgan fingerprint density at radius 1 is 1.60 bits per heavy atom. The standard InChI is InChI=1S/C14H23BrN4O/c1-3-19-13(20)12(15)11(8-17-19)18-14(9-16)7-5-4-6-10(14)2/h8,10,18H,3-7,9,16H2,1-2H3. The molecule has 0 aliphatic heterocycles. The summed E-state index contributed by atoms with van der Waals surface area (Å²) in [5.74, 6) is 0.488. The monoisotopic (exact) mass is 342 g/mol. The van der Waals surface area contributed by atoms with Gasteiger partial charge in [-0.1, -0.05) is 19.8 Å². The maximum atomic E-state index is 12.1. The smallest absolute Gasteiger partial charge is 0.283 e. The fraction of sp³-hybridized carbons (Fsp3) is 0.714. The van der Waals surface area contributed by atoms with Crippen molar-refractivity contribution in [3.63, 3.8) is 0 Å². The zero-order chi connectivity index (χ0) is 14.8. The van der Waals surface area contributed by atoms with Gasteiger partial charge in [0.1, 0.15) is 4.47 Å². The number of aromatic nitrogens is 2. The van der Waals surface area contributed by atoms with Crippen LogP contribution >= 0.6 is 15.9 Å². The lowest BCUT2D eigenvalue weighted by Gasteiger charge is -2.43. The Morgan fingerprint density at radius 2 is 2.35 bits per heavy atom. The number of nitrogens with zero attached hydrogens (tertiary/aromatic N) is 2. The average Bonchev–Trinajstić information content (AvgIpc) is 2.46. The number of hydrogen-bond donors (Lipinski definition) is 2. The molecule has 1 aliphatic rings. The predicted octanol–water partition coefficient (Wildman–Crippen LogP) is 2.35. The van der Waals surface area contributed by atoms with Gasteiger partial charge in [0.2, 0.25) is 0 Å². The van der Waals surface area contributed by atoms with Gasteiger partial charge >= 0.3 is 0 Å². The van der Waals surface area contributed by atoms with Crippen molar-refractivity contribution in [2.75, 3.05) is 11.9 Å². The molecule has 6 heteroatoms. The number of aryl methyl sites for hydroxylation is 1. The summed E-state index contributed by atoms with van der Waals surface area (Å²) in [7, 11) is 0. The molecule has 1 aromatic rings. The first kappa shape index (κ1) is 15.5. The van der Waals surface area contributed by atoms with Crippen molar-refractivity contribution in [3.8, 4) is 0 Å². The Labute approximate surface area is 128 Å². The number of hydrogen-bond acceptors (Lipinski definition) is 4. The van der Waals surface area contributed by atoms with Gasteiger partial charge in [-0.25, -0.2) is 4.68 Å². The molecule has 5 nitrogen and oxygen atoms in total. The lowest BCUT2D eigenvalue weighted by atomic mass is 9.73. The van der Waals surface area contributed by atoms with Gasteiger partial charge in [0.25, 0.3) is 5.56 Å². The zero-order valence-electron chi connectivity index (χ0n) is 12.2. The predicted molar refractivity (Wildman–Crippen MR) is 84.9 cm³/mol. The lowest BCUT2D eigenvalue weighted by molar-refractivity contribution is 0.235. The van der Waals surface area contributed by atoms with Crippen molar-refractivity contribution in [2.45, 2.75) is 51.6 Å². The Bertz CT molecular complexity index is 530. The largest absolute Gasteiger partial charge is 0.376 e. The topological polar surface area (TPSA) is 72.9 Å². The van der Waals surface area contributed by atoms with E-state index in [1.165, 1.54) is 23.9 Å². The first-order chi connectivity index (χ1) is 9.54. The van der Waals surface area contributed by atoms with Gasteiger partial charge in [0.05, 0.1) is 17.4 Å². The number of halogens is 1. The molecule has 2 unspecified atom stereocenters. The number of anilines is 1. The maximum Gasteiger partial charge on any atom is 0.283 e. The molecule has 1 heterocycles. The Morgan fingerprint density at radius 3 is 2.95 bits per heavy atom. The summed E-state index contributed by atoms with van der Waals surface area (Å²) in [6.07, 6.45) is 6.34. The van der Waals surface area contributed by atoms with E-state index in [0.29, 0.717) is 23.5 Å². The zero-order valence-corrected chi connectivity index (χ0v) is 13.7. The maximum absolute atomic E-state index is 12.1. The SMILES string of the molecule is CCn1ncc(NC2(CN)CCCCC2C)c(Br)c1=O. The van der Waals surface area contributed by atoms with Gasteiger partial charge in [0.15, 0.2) is 0 Å². The summed E-state index contributed by atoms with van der Waals surface area (Å²) in [4.78, 5) is 12.1. The molecular weight excluding hydrogens is 320 g/mol. The van der Waals surface area contributed by atoms with Crippen LogP contribution in [-0.2, 0) is 6.54 Å². The third-order valence-electron chi connectivity index (χ3n) is 4.49. The van der Waals surface area contributed by atoms with E-state index in [2.05, 4.69) is 33.3 Å². The quantitative estimate of drug-likeness (QED) is 0.880. The van der Waals surface area contributed by atoms with Crippen molar-refractivity contribution in [1.82, 2.24) is 9.78 Å². The molecule has 2 rings (SSSR count). The van der Waals surface area contributed by atoms with Gasteiger partial charge in [-0.15, -0.1) is 0 Å². The highest BCUT2D eigenvalue weighted by Gasteiger charge is 2.37. The summed E-state index contributed by atoms with van der Waals surface area (Å²) in [5.41, 5.74) is 6.55. The molecular formula is C14H23BrN4O. The second-order valence-corrected chi connectivity index (χ2v) is 6.42. The van der Waals surface area contributed by atoms with Crippen molar-refractivity contribution in [1.29, 1.82) is 0 Å². The van der Waals surface area contributed by atoms with Crippen LogP contribution in [0.2, 0.25) is 0 Å². The van der Waals surface area contributed by atoms with E-state index in [0.717, 1.165) is 12.1 Å². The van der Waals surface area contributed by atoms with Crippen LogP contribution in [0.4, 0.5) is 5.69 Å². The summed E-state index contributed by atoms with van der Waals surface area (Å²) in [6.45, 7) is 5.26. The average molecular weight is 343 g/mol. The van der Waals surface area contributed by atoms with E-state index in [-0.39, 0.29) is 11.1 Å². The van der Waals surface area contributed by atoms with Gasteiger partial charge in [-0.2, -0.15) is 5.10 Å². The van der Waals surface area contributed by atoms with E-state index in [9.17, 15) is 4.79 Å². The second-order valence-electron chi connectivity index (χ2n) is 5.63. The highest BCUT2D eigenvalue weighted by Crippen LogP contribution is 2.36. The molecule has 1 fully saturated rings. The summed E-state index contributed by atoms with van der Waals surface area (Å²) >= 11 is 3.40. The van der Waals surface area contributed by atoms with Gasteiger partial charge in [0, 0.05) is 13.1 Å². The van der Waals surface area contributed by atoms with Crippen molar-refractivity contribution >= 4 is 21.6 Å². The number of rotatable bonds is 4. The molecule has 0 spiro atoms. The summed E-state index contributed by atoms with van der Waals surface area (Å²) in [5, 5.41) is 7.69. The third-order valence-corrected chi connectivity index (χ3v) is 5.25. The van der Waals surface area contributed by atoms with E-state index in [1.54, 1.807) is 6.20 Å². The van der Waals surface area contributed by atoms with Crippen molar-refractivity contribution < 1.29 is 0 Å². The van der Waals surface area contributed by atoms with E-state index in [4.69, 9.17) is 5.73 Å².